The zero-order valence-corrected chi connectivity index (χ0v) is 13.2. The van der Waals surface area contributed by atoms with E-state index < -0.39 is 4.92 Å². The molecule has 0 bridgehead atoms. The molecule has 2 aromatic rings. The molecule has 106 valence electrons. The number of nitrogens with zero attached hydrogens (tertiary/aromatic N) is 3. The number of hydrogen-bond acceptors (Lipinski definition) is 4. The Morgan fingerprint density at radius 2 is 1.95 bits per heavy atom. The summed E-state index contributed by atoms with van der Waals surface area (Å²) in [5, 5.41) is 11.7. The quantitative estimate of drug-likeness (QED) is 0.479. The van der Waals surface area contributed by atoms with Gasteiger partial charge in [-0.25, -0.2) is 9.97 Å². The van der Waals surface area contributed by atoms with Gasteiger partial charge in [0.2, 0.25) is 0 Å². The number of non-ortho nitro benzene ring substituents is 1. The number of nitro groups is 1. The maximum atomic E-state index is 10.9. The summed E-state index contributed by atoms with van der Waals surface area (Å²) >= 11 is 3.62. The average molecular weight is 338 g/mol. The van der Waals surface area contributed by atoms with Gasteiger partial charge in [0, 0.05) is 28.3 Å². The molecule has 0 aliphatic rings. The maximum Gasteiger partial charge on any atom is 0.270 e. The highest BCUT2D eigenvalue weighted by Gasteiger charge is 2.25. The second-order valence-electron chi connectivity index (χ2n) is 5.16. The van der Waals surface area contributed by atoms with Gasteiger partial charge in [-0.3, -0.25) is 10.1 Å². The Kier molecular flexibility index (Phi) is 4.32. The molecule has 1 aromatic heterocycles. The van der Waals surface area contributed by atoms with Crippen molar-refractivity contribution >= 4 is 32.5 Å². The molecule has 0 N–H and O–H groups in total. The van der Waals surface area contributed by atoms with E-state index in [0.29, 0.717) is 5.92 Å². The molecule has 0 radical (unpaired) electrons. The lowest BCUT2D eigenvalue weighted by atomic mass is 9.88. The summed E-state index contributed by atoms with van der Waals surface area (Å²) in [5.41, 5.74) is 1.66. The van der Waals surface area contributed by atoms with Crippen molar-refractivity contribution in [3.63, 3.8) is 0 Å². The second kappa shape index (κ2) is 5.83. The monoisotopic (exact) mass is 337 g/mol. The van der Waals surface area contributed by atoms with E-state index in [4.69, 9.17) is 0 Å². The van der Waals surface area contributed by atoms with Crippen LogP contribution in [0.5, 0.6) is 0 Å². The second-order valence-corrected chi connectivity index (χ2v) is 6.61. The molecular formula is C14H16BrN3O2. The molecule has 0 fully saturated rings. The summed E-state index contributed by atoms with van der Waals surface area (Å²) in [4.78, 5) is 19.4. The fourth-order valence-corrected chi connectivity index (χ4v) is 3.37. The topological polar surface area (TPSA) is 68.9 Å². The van der Waals surface area contributed by atoms with Gasteiger partial charge in [0.05, 0.1) is 16.1 Å². The smallest absolute Gasteiger partial charge is 0.258 e. The molecule has 0 amide bonds. The van der Waals surface area contributed by atoms with Crippen LogP contribution in [0.3, 0.4) is 0 Å². The first-order valence-electron chi connectivity index (χ1n) is 6.45. The van der Waals surface area contributed by atoms with Gasteiger partial charge in [-0.2, -0.15) is 0 Å². The van der Waals surface area contributed by atoms with Crippen LogP contribution >= 0.6 is 15.9 Å². The number of nitro benzene ring substituents is 1. The standard InChI is InChI=1S/C14H16BrN3O2/c1-8(2)13(9(3)15)14-11-6-10(18(19)20)4-5-12(11)16-7-17-14/h4-9,13H,1-3H3. The fourth-order valence-electron chi connectivity index (χ4n) is 2.51. The molecule has 1 aromatic carbocycles. The van der Waals surface area contributed by atoms with E-state index in [1.54, 1.807) is 12.1 Å². The molecule has 2 atom stereocenters. The SMILES string of the molecule is CC(C)C(c1ncnc2ccc([N+](=O)[O-])cc12)C(C)Br. The van der Waals surface area contributed by atoms with Crippen molar-refractivity contribution in [2.45, 2.75) is 31.5 Å². The van der Waals surface area contributed by atoms with Gasteiger partial charge in [-0.15, -0.1) is 0 Å². The van der Waals surface area contributed by atoms with Crippen LogP contribution in [0.2, 0.25) is 0 Å². The predicted octanol–water partition coefficient (Wildman–Crippen LogP) is 4.06. The van der Waals surface area contributed by atoms with Crippen molar-refractivity contribution < 1.29 is 4.92 Å². The maximum absolute atomic E-state index is 10.9. The zero-order valence-electron chi connectivity index (χ0n) is 11.6. The Balaban J connectivity index is 2.68. The number of rotatable bonds is 4. The first-order valence-corrected chi connectivity index (χ1v) is 7.36. The number of benzene rings is 1. The first-order chi connectivity index (χ1) is 9.41. The van der Waals surface area contributed by atoms with Crippen molar-refractivity contribution in [3.8, 4) is 0 Å². The highest BCUT2D eigenvalue weighted by Crippen LogP contribution is 2.35. The Morgan fingerprint density at radius 1 is 1.25 bits per heavy atom. The van der Waals surface area contributed by atoms with Crippen LogP contribution in [0.4, 0.5) is 5.69 Å². The number of halogens is 1. The van der Waals surface area contributed by atoms with E-state index in [1.807, 2.05) is 0 Å². The third-order valence-corrected chi connectivity index (χ3v) is 3.96. The van der Waals surface area contributed by atoms with Gasteiger partial charge in [0.25, 0.3) is 5.69 Å². The minimum Gasteiger partial charge on any atom is -0.258 e. The van der Waals surface area contributed by atoms with Crippen LogP contribution in [0.15, 0.2) is 24.5 Å². The lowest BCUT2D eigenvalue weighted by molar-refractivity contribution is -0.384. The summed E-state index contributed by atoms with van der Waals surface area (Å²) in [7, 11) is 0. The lowest BCUT2D eigenvalue weighted by Crippen LogP contribution is -2.17. The molecule has 6 heteroatoms. The molecule has 0 saturated heterocycles. The van der Waals surface area contributed by atoms with E-state index >= 15 is 0 Å². The minimum absolute atomic E-state index is 0.0679. The minimum atomic E-state index is -0.391. The van der Waals surface area contributed by atoms with Crippen molar-refractivity contribution in [2.75, 3.05) is 0 Å². The predicted molar refractivity (Wildman–Crippen MR) is 82.2 cm³/mol. The summed E-state index contributed by atoms with van der Waals surface area (Å²) in [6.07, 6.45) is 1.52. The highest BCUT2D eigenvalue weighted by atomic mass is 79.9. The summed E-state index contributed by atoms with van der Waals surface area (Å²) in [5.74, 6) is 0.532. The van der Waals surface area contributed by atoms with Crippen molar-refractivity contribution in [3.05, 3.63) is 40.3 Å². The number of fused-ring (bicyclic) bond motifs is 1. The van der Waals surface area contributed by atoms with Crippen molar-refractivity contribution in [1.29, 1.82) is 0 Å². The average Bonchev–Trinajstić information content (AvgIpc) is 2.37. The van der Waals surface area contributed by atoms with E-state index in [1.165, 1.54) is 12.4 Å². The Labute approximate surface area is 125 Å². The van der Waals surface area contributed by atoms with Gasteiger partial charge < -0.3 is 0 Å². The fraction of sp³-hybridized carbons (Fsp3) is 0.429. The molecule has 2 unspecified atom stereocenters. The van der Waals surface area contributed by atoms with Gasteiger partial charge in [0.1, 0.15) is 6.33 Å². The summed E-state index contributed by atoms with van der Waals surface area (Å²) in [6.45, 7) is 6.30. The number of aromatic nitrogens is 2. The molecule has 0 spiro atoms. The molecule has 0 saturated carbocycles. The lowest BCUT2D eigenvalue weighted by Gasteiger charge is -2.24. The first kappa shape index (κ1) is 14.8. The third-order valence-electron chi connectivity index (χ3n) is 3.39. The third kappa shape index (κ3) is 2.80. The molecule has 0 aliphatic heterocycles. The van der Waals surface area contributed by atoms with E-state index in [2.05, 4.69) is 46.7 Å². The van der Waals surface area contributed by atoms with Crippen LogP contribution in [-0.2, 0) is 0 Å². The van der Waals surface area contributed by atoms with Gasteiger partial charge in [0.15, 0.2) is 0 Å². The molecule has 0 aliphatic carbocycles. The zero-order chi connectivity index (χ0) is 14.9. The Bertz CT molecular complexity index is 635. The summed E-state index contributed by atoms with van der Waals surface area (Å²) in [6, 6.07) is 4.71. The molecule has 2 rings (SSSR count). The van der Waals surface area contributed by atoms with E-state index in [0.717, 1.165) is 16.6 Å². The van der Waals surface area contributed by atoms with Gasteiger partial charge in [-0.1, -0.05) is 36.7 Å². The molecule has 20 heavy (non-hydrogen) atoms. The van der Waals surface area contributed by atoms with Crippen LogP contribution in [0.25, 0.3) is 10.9 Å². The Morgan fingerprint density at radius 3 is 2.50 bits per heavy atom. The van der Waals surface area contributed by atoms with Crippen LogP contribution in [0, 0.1) is 16.0 Å². The molecule has 1 heterocycles. The molecule has 5 nitrogen and oxygen atoms in total. The summed E-state index contributed by atoms with van der Waals surface area (Å²) < 4.78 is 0. The van der Waals surface area contributed by atoms with Crippen molar-refractivity contribution in [1.82, 2.24) is 9.97 Å². The largest absolute Gasteiger partial charge is 0.270 e. The normalized spacial score (nSPS) is 14.4. The van der Waals surface area contributed by atoms with Crippen LogP contribution in [0.1, 0.15) is 32.4 Å². The van der Waals surface area contributed by atoms with Gasteiger partial charge in [-0.05, 0) is 12.0 Å². The van der Waals surface area contributed by atoms with E-state index in [9.17, 15) is 10.1 Å². The number of alkyl halides is 1. The van der Waals surface area contributed by atoms with Crippen LogP contribution < -0.4 is 0 Å². The number of hydrogen-bond donors (Lipinski definition) is 0. The van der Waals surface area contributed by atoms with Crippen LogP contribution in [-0.4, -0.2) is 19.7 Å². The van der Waals surface area contributed by atoms with Crippen molar-refractivity contribution in [2.24, 2.45) is 5.92 Å². The van der Waals surface area contributed by atoms with E-state index in [-0.39, 0.29) is 16.4 Å². The Hall–Kier alpha value is -1.56. The molecular weight excluding hydrogens is 322 g/mol. The van der Waals surface area contributed by atoms with Gasteiger partial charge >= 0.3 is 0 Å². The highest BCUT2D eigenvalue weighted by molar-refractivity contribution is 9.09.